The van der Waals surface area contributed by atoms with Crippen LogP contribution in [0.2, 0.25) is 0 Å². The summed E-state index contributed by atoms with van der Waals surface area (Å²) in [4.78, 5) is 12.6. The number of hydrogen-bond donors (Lipinski definition) is 0. The smallest absolute Gasteiger partial charge is 0.338 e. The Morgan fingerprint density at radius 1 is 1.03 bits per heavy atom. The van der Waals surface area contributed by atoms with Crippen molar-refractivity contribution in [3.8, 4) is 11.5 Å². The molecule has 0 unspecified atom stereocenters. The number of ether oxygens (including phenoxy) is 4. The zero-order valence-electron chi connectivity index (χ0n) is 16.3. The van der Waals surface area contributed by atoms with Gasteiger partial charge in [-0.2, -0.15) is 4.31 Å². The van der Waals surface area contributed by atoms with Crippen LogP contribution in [0.1, 0.15) is 15.9 Å². The Balaban J connectivity index is 1.72. The second kappa shape index (κ2) is 9.25. The van der Waals surface area contributed by atoms with Gasteiger partial charge in [0.15, 0.2) is 0 Å². The summed E-state index contributed by atoms with van der Waals surface area (Å²) in [7, 11) is -0.633. The average Bonchev–Trinajstić information content (AvgIpc) is 2.77. The third-order valence-electron chi connectivity index (χ3n) is 4.46. The number of benzene rings is 2. The Hall–Kier alpha value is -2.62. The van der Waals surface area contributed by atoms with Gasteiger partial charge in [0.2, 0.25) is 10.0 Å². The zero-order chi connectivity index (χ0) is 20.9. The molecule has 3 rings (SSSR count). The molecule has 0 aromatic heterocycles. The van der Waals surface area contributed by atoms with Gasteiger partial charge >= 0.3 is 5.97 Å². The van der Waals surface area contributed by atoms with Crippen molar-refractivity contribution in [3.63, 3.8) is 0 Å². The highest BCUT2D eigenvalue weighted by Crippen LogP contribution is 2.24. The lowest BCUT2D eigenvalue weighted by molar-refractivity contribution is 0.0471. The van der Waals surface area contributed by atoms with Crippen molar-refractivity contribution in [2.45, 2.75) is 11.5 Å². The Bertz CT molecular complexity index is 946. The fourth-order valence-electron chi connectivity index (χ4n) is 2.89. The van der Waals surface area contributed by atoms with Gasteiger partial charge in [-0.25, -0.2) is 13.2 Å². The first-order valence-electron chi connectivity index (χ1n) is 9.01. The first kappa shape index (κ1) is 21.1. The van der Waals surface area contributed by atoms with Crippen molar-refractivity contribution in [1.29, 1.82) is 0 Å². The highest BCUT2D eigenvalue weighted by Gasteiger charge is 2.26. The molecule has 0 bridgehead atoms. The zero-order valence-corrected chi connectivity index (χ0v) is 17.1. The molecular weight excluding hydrogens is 398 g/mol. The molecule has 1 heterocycles. The summed E-state index contributed by atoms with van der Waals surface area (Å²) >= 11 is 0. The van der Waals surface area contributed by atoms with Crippen LogP contribution in [0.5, 0.6) is 11.5 Å². The van der Waals surface area contributed by atoms with Crippen molar-refractivity contribution in [1.82, 2.24) is 4.31 Å². The minimum Gasteiger partial charge on any atom is -0.497 e. The second-order valence-electron chi connectivity index (χ2n) is 6.34. The van der Waals surface area contributed by atoms with E-state index in [0.717, 1.165) is 0 Å². The standard InChI is InChI=1S/C20H23NO7S/c1-25-17-11-16(12-18(13-17)26-2)20(22)28-14-15-4-3-5-19(10-15)29(23,24)21-6-8-27-9-7-21/h3-5,10-13H,6-9,14H2,1-2H3. The minimum atomic E-state index is -3.61. The van der Waals surface area contributed by atoms with E-state index in [4.69, 9.17) is 18.9 Å². The summed E-state index contributed by atoms with van der Waals surface area (Å²) in [6.07, 6.45) is 0. The van der Waals surface area contributed by atoms with Crippen LogP contribution in [0.25, 0.3) is 0 Å². The molecular formula is C20H23NO7S. The molecule has 0 aliphatic carbocycles. The molecule has 2 aromatic carbocycles. The van der Waals surface area contributed by atoms with Crippen LogP contribution in [0.15, 0.2) is 47.4 Å². The maximum atomic E-state index is 12.8. The summed E-state index contributed by atoms with van der Waals surface area (Å²) in [5.41, 5.74) is 0.848. The fraction of sp³-hybridized carbons (Fsp3) is 0.350. The van der Waals surface area contributed by atoms with Crippen LogP contribution < -0.4 is 9.47 Å². The number of nitrogens with zero attached hydrogens (tertiary/aromatic N) is 1. The van der Waals surface area contributed by atoms with Gasteiger partial charge in [0, 0.05) is 19.2 Å². The SMILES string of the molecule is COc1cc(OC)cc(C(=O)OCc2cccc(S(=O)(=O)N3CCOCC3)c2)c1. The van der Waals surface area contributed by atoms with Gasteiger partial charge in [0.05, 0.1) is 37.9 Å². The maximum Gasteiger partial charge on any atom is 0.338 e. The molecule has 1 saturated heterocycles. The van der Waals surface area contributed by atoms with E-state index in [0.29, 0.717) is 43.4 Å². The van der Waals surface area contributed by atoms with Crippen molar-refractivity contribution < 1.29 is 32.2 Å². The predicted octanol–water partition coefficient (Wildman–Crippen LogP) is 2.08. The van der Waals surface area contributed by atoms with Gasteiger partial charge in [0.1, 0.15) is 18.1 Å². The molecule has 9 heteroatoms. The van der Waals surface area contributed by atoms with E-state index < -0.39 is 16.0 Å². The molecule has 0 radical (unpaired) electrons. The van der Waals surface area contributed by atoms with Gasteiger partial charge in [-0.1, -0.05) is 12.1 Å². The monoisotopic (exact) mass is 421 g/mol. The number of rotatable bonds is 7. The molecule has 1 aliphatic heterocycles. The molecule has 0 saturated carbocycles. The summed E-state index contributed by atoms with van der Waals surface area (Å²) in [5.74, 6) is 0.369. The third-order valence-corrected chi connectivity index (χ3v) is 6.36. The molecule has 1 fully saturated rings. The Morgan fingerprint density at radius 2 is 1.69 bits per heavy atom. The number of carbonyl (C=O) groups excluding carboxylic acids is 1. The van der Waals surface area contributed by atoms with Gasteiger partial charge < -0.3 is 18.9 Å². The molecule has 0 atom stereocenters. The number of morpholine rings is 1. The number of carbonyl (C=O) groups is 1. The number of esters is 1. The van der Waals surface area contributed by atoms with E-state index >= 15 is 0 Å². The Labute approximate surface area is 170 Å². The molecule has 0 amide bonds. The highest BCUT2D eigenvalue weighted by atomic mass is 32.2. The molecule has 0 spiro atoms. The topological polar surface area (TPSA) is 91.4 Å². The molecule has 8 nitrogen and oxygen atoms in total. The van der Waals surface area contributed by atoms with Crippen molar-refractivity contribution in [2.75, 3.05) is 40.5 Å². The van der Waals surface area contributed by atoms with E-state index in [-0.39, 0.29) is 17.1 Å². The van der Waals surface area contributed by atoms with Crippen LogP contribution >= 0.6 is 0 Å². The van der Waals surface area contributed by atoms with Crippen LogP contribution in [-0.2, 0) is 26.1 Å². The molecule has 156 valence electrons. The van der Waals surface area contributed by atoms with Crippen LogP contribution in [0, 0.1) is 0 Å². The van der Waals surface area contributed by atoms with Gasteiger partial charge in [0.25, 0.3) is 0 Å². The van der Waals surface area contributed by atoms with E-state index in [1.54, 1.807) is 30.3 Å². The van der Waals surface area contributed by atoms with Gasteiger partial charge in [-0.05, 0) is 29.8 Å². The van der Waals surface area contributed by atoms with Crippen molar-refractivity contribution >= 4 is 16.0 Å². The lowest BCUT2D eigenvalue weighted by atomic mass is 10.2. The number of sulfonamides is 1. The average molecular weight is 421 g/mol. The maximum absolute atomic E-state index is 12.8. The predicted molar refractivity (Wildman–Crippen MR) is 105 cm³/mol. The summed E-state index contributed by atoms with van der Waals surface area (Å²) in [5, 5.41) is 0. The molecule has 2 aromatic rings. The van der Waals surface area contributed by atoms with Gasteiger partial charge in [-0.3, -0.25) is 0 Å². The quantitative estimate of drug-likeness (QED) is 0.632. The Kier molecular flexibility index (Phi) is 6.73. The first-order chi connectivity index (χ1) is 13.9. The van der Waals surface area contributed by atoms with Crippen molar-refractivity contribution in [2.24, 2.45) is 0 Å². The van der Waals surface area contributed by atoms with E-state index in [2.05, 4.69) is 0 Å². The summed E-state index contributed by atoms with van der Waals surface area (Å²) in [6.45, 7) is 1.32. The van der Waals surface area contributed by atoms with E-state index in [1.807, 2.05) is 0 Å². The van der Waals surface area contributed by atoms with Crippen LogP contribution in [0.4, 0.5) is 0 Å². The summed E-state index contributed by atoms with van der Waals surface area (Å²) in [6, 6.07) is 11.1. The van der Waals surface area contributed by atoms with Gasteiger partial charge in [-0.15, -0.1) is 0 Å². The third kappa shape index (κ3) is 5.06. The number of hydrogen-bond acceptors (Lipinski definition) is 7. The lowest BCUT2D eigenvalue weighted by Crippen LogP contribution is -2.40. The number of methoxy groups -OCH3 is 2. The highest BCUT2D eigenvalue weighted by molar-refractivity contribution is 7.89. The van der Waals surface area contributed by atoms with Crippen LogP contribution in [-0.4, -0.2) is 59.2 Å². The largest absolute Gasteiger partial charge is 0.497 e. The molecule has 29 heavy (non-hydrogen) atoms. The lowest BCUT2D eigenvalue weighted by Gasteiger charge is -2.26. The van der Waals surface area contributed by atoms with Crippen LogP contribution in [0.3, 0.4) is 0 Å². The minimum absolute atomic E-state index is 0.0647. The fourth-order valence-corrected chi connectivity index (χ4v) is 4.37. The van der Waals surface area contributed by atoms with E-state index in [9.17, 15) is 13.2 Å². The summed E-state index contributed by atoms with van der Waals surface area (Å²) < 4.78 is 47.8. The molecule has 0 N–H and O–H groups in total. The van der Waals surface area contributed by atoms with E-state index in [1.165, 1.54) is 30.7 Å². The Morgan fingerprint density at radius 3 is 2.31 bits per heavy atom. The molecule has 1 aliphatic rings. The first-order valence-corrected chi connectivity index (χ1v) is 10.4. The van der Waals surface area contributed by atoms with Crippen molar-refractivity contribution in [3.05, 3.63) is 53.6 Å². The second-order valence-corrected chi connectivity index (χ2v) is 8.28. The normalized spacial score (nSPS) is 15.0.